The van der Waals surface area contributed by atoms with E-state index in [2.05, 4.69) is 15.3 Å². The number of Topliss-reactive ketones (excluding diaryl/α,β-unsaturated/α-hetero) is 1. The number of hydrogen-bond acceptors (Lipinski definition) is 6. The van der Waals surface area contributed by atoms with Gasteiger partial charge in [0.05, 0.1) is 21.6 Å². The highest BCUT2D eigenvalue weighted by atomic mass is 32.1. The van der Waals surface area contributed by atoms with E-state index in [1.165, 1.54) is 24.5 Å². The maximum atomic E-state index is 12.4. The van der Waals surface area contributed by atoms with Crippen LogP contribution in [0.3, 0.4) is 0 Å². The van der Waals surface area contributed by atoms with E-state index in [1.807, 2.05) is 55.5 Å². The fraction of sp³-hybridized carbons (Fsp3) is 0.120. The number of aromatic nitrogens is 2. The lowest BCUT2D eigenvalue weighted by atomic mass is 10.1. The Kier molecular flexibility index (Phi) is 6.37. The van der Waals surface area contributed by atoms with Crippen molar-refractivity contribution in [3.05, 3.63) is 83.4 Å². The highest BCUT2D eigenvalue weighted by molar-refractivity contribution is 7.17. The van der Waals surface area contributed by atoms with Gasteiger partial charge >= 0.3 is 0 Å². The number of benzene rings is 2. The number of para-hydroxylation sites is 1. The van der Waals surface area contributed by atoms with Crippen LogP contribution in [0.5, 0.6) is 5.75 Å². The van der Waals surface area contributed by atoms with E-state index in [9.17, 15) is 9.59 Å². The van der Waals surface area contributed by atoms with Gasteiger partial charge in [0.1, 0.15) is 11.4 Å². The van der Waals surface area contributed by atoms with E-state index < -0.39 is 0 Å². The fourth-order valence-corrected chi connectivity index (χ4v) is 4.02. The minimum atomic E-state index is -0.340. The topological polar surface area (TPSA) is 81.2 Å². The van der Waals surface area contributed by atoms with Gasteiger partial charge < -0.3 is 10.1 Å². The molecule has 0 aliphatic heterocycles. The number of ketones is 1. The van der Waals surface area contributed by atoms with Crippen molar-refractivity contribution in [2.75, 3.05) is 11.9 Å². The van der Waals surface area contributed by atoms with E-state index in [1.54, 1.807) is 18.2 Å². The minimum Gasteiger partial charge on any atom is -0.484 e. The summed E-state index contributed by atoms with van der Waals surface area (Å²) in [5, 5.41) is 2.74. The Labute approximate surface area is 189 Å². The summed E-state index contributed by atoms with van der Waals surface area (Å²) in [6.07, 6.45) is 1.53. The number of nitrogens with zero attached hydrogens (tertiary/aromatic N) is 2. The molecular weight excluding hydrogens is 422 g/mol. The number of ether oxygens (including phenoxy) is 1. The Morgan fingerprint density at radius 3 is 2.53 bits per heavy atom. The van der Waals surface area contributed by atoms with Gasteiger partial charge in [-0.3, -0.25) is 14.6 Å². The van der Waals surface area contributed by atoms with E-state index in [0.717, 1.165) is 16.0 Å². The first-order valence-corrected chi connectivity index (χ1v) is 10.8. The molecule has 6 nitrogen and oxygen atoms in total. The summed E-state index contributed by atoms with van der Waals surface area (Å²) >= 11 is 1.35. The lowest BCUT2D eigenvalue weighted by molar-refractivity contribution is -0.118. The third kappa shape index (κ3) is 5.07. The van der Waals surface area contributed by atoms with Gasteiger partial charge in [0.2, 0.25) is 0 Å². The Balaban J connectivity index is 1.63. The molecule has 1 amide bonds. The van der Waals surface area contributed by atoms with Gasteiger partial charge in [-0.15, -0.1) is 11.3 Å². The molecule has 4 aromatic rings. The summed E-state index contributed by atoms with van der Waals surface area (Å²) < 4.78 is 5.50. The number of carbonyl (C=O) groups is 2. The molecule has 0 aliphatic carbocycles. The third-order valence-corrected chi connectivity index (χ3v) is 5.82. The summed E-state index contributed by atoms with van der Waals surface area (Å²) in [6.45, 7) is 3.40. The molecule has 0 unspecified atom stereocenters. The Morgan fingerprint density at radius 2 is 1.81 bits per heavy atom. The van der Waals surface area contributed by atoms with Crippen LogP contribution in [0.1, 0.15) is 22.2 Å². The monoisotopic (exact) mass is 443 g/mol. The van der Waals surface area contributed by atoms with Crippen LogP contribution in [-0.4, -0.2) is 28.3 Å². The zero-order valence-corrected chi connectivity index (χ0v) is 18.5. The molecule has 2 heterocycles. The number of aryl methyl sites for hydroxylation is 1. The normalized spacial score (nSPS) is 10.6. The lowest BCUT2D eigenvalue weighted by Crippen LogP contribution is -2.21. The zero-order chi connectivity index (χ0) is 22.5. The number of rotatable bonds is 7. The molecule has 2 aromatic carbocycles. The van der Waals surface area contributed by atoms with Crippen molar-refractivity contribution in [2.45, 2.75) is 13.8 Å². The zero-order valence-electron chi connectivity index (χ0n) is 17.7. The molecule has 2 aromatic heterocycles. The van der Waals surface area contributed by atoms with Crippen LogP contribution in [0.15, 0.2) is 72.9 Å². The van der Waals surface area contributed by atoms with Crippen molar-refractivity contribution in [1.29, 1.82) is 0 Å². The van der Waals surface area contributed by atoms with Gasteiger partial charge in [-0.1, -0.05) is 42.0 Å². The van der Waals surface area contributed by atoms with E-state index >= 15 is 0 Å². The molecule has 0 bridgehead atoms. The fourth-order valence-electron chi connectivity index (χ4n) is 3.12. The first kappa shape index (κ1) is 21.4. The summed E-state index contributed by atoms with van der Waals surface area (Å²) in [6, 6.07) is 20.7. The number of amides is 1. The Bertz CT molecular complexity index is 1270. The second-order valence-electron chi connectivity index (χ2n) is 7.19. The number of hydrogen-bond donors (Lipinski definition) is 1. The standard InChI is InChI=1S/C25H21N3O3S/c1-16-7-6-8-18(13-16)24-25(21-12-11-20(32-21)17(2)29)28-22(14-26-24)27-23(30)15-31-19-9-4-3-5-10-19/h3-14H,15H2,1-2H3,(H,27,28,30). The number of anilines is 1. The minimum absolute atomic E-state index is 0.00571. The van der Waals surface area contributed by atoms with Crippen LogP contribution in [0.25, 0.3) is 21.8 Å². The van der Waals surface area contributed by atoms with Crippen molar-refractivity contribution in [2.24, 2.45) is 0 Å². The summed E-state index contributed by atoms with van der Waals surface area (Å²) in [7, 11) is 0. The molecule has 160 valence electrons. The van der Waals surface area contributed by atoms with E-state index in [0.29, 0.717) is 27.8 Å². The SMILES string of the molecule is CC(=O)c1ccc(-c2nc(NC(=O)COc3ccccc3)cnc2-c2cccc(C)c2)s1. The molecule has 0 saturated carbocycles. The second-order valence-corrected chi connectivity index (χ2v) is 8.28. The summed E-state index contributed by atoms with van der Waals surface area (Å²) in [5.74, 6) is 0.581. The Hall–Kier alpha value is -3.84. The van der Waals surface area contributed by atoms with Crippen molar-refractivity contribution >= 4 is 28.8 Å². The number of nitrogens with one attached hydrogen (secondary N) is 1. The van der Waals surface area contributed by atoms with Crippen molar-refractivity contribution in [1.82, 2.24) is 9.97 Å². The predicted molar refractivity (Wildman–Crippen MR) is 126 cm³/mol. The summed E-state index contributed by atoms with van der Waals surface area (Å²) in [4.78, 5) is 34.9. The van der Waals surface area contributed by atoms with Gasteiger partial charge in [0.25, 0.3) is 5.91 Å². The molecular formula is C25H21N3O3S. The molecule has 0 radical (unpaired) electrons. The predicted octanol–water partition coefficient (Wildman–Crippen LogP) is 5.40. The molecule has 0 spiro atoms. The van der Waals surface area contributed by atoms with Gasteiger partial charge in [0.15, 0.2) is 18.2 Å². The van der Waals surface area contributed by atoms with E-state index in [-0.39, 0.29) is 18.3 Å². The van der Waals surface area contributed by atoms with Crippen LogP contribution in [0, 0.1) is 6.92 Å². The highest BCUT2D eigenvalue weighted by Crippen LogP contribution is 2.34. The largest absolute Gasteiger partial charge is 0.484 e. The van der Waals surface area contributed by atoms with Crippen molar-refractivity contribution in [3.63, 3.8) is 0 Å². The number of carbonyl (C=O) groups excluding carboxylic acids is 2. The van der Waals surface area contributed by atoms with Gasteiger partial charge in [-0.05, 0) is 44.2 Å². The maximum absolute atomic E-state index is 12.4. The van der Waals surface area contributed by atoms with Gasteiger partial charge in [-0.2, -0.15) is 0 Å². The third-order valence-electron chi connectivity index (χ3n) is 4.63. The van der Waals surface area contributed by atoms with Crippen LogP contribution in [0.2, 0.25) is 0 Å². The molecule has 7 heteroatoms. The first-order chi connectivity index (χ1) is 15.5. The number of thiophene rings is 1. The average Bonchev–Trinajstić information content (AvgIpc) is 3.29. The van der Waals surface area contributed by atoms with Crippen LogP contribution in [0.4, 0.5) is 5.82 Å². The van der Waals surface area contributed by atoms with E-state index in [4.69, 9.17) is 4.74 Å². The van der Waals surface area contributed by atoms with Crippen LogP contribution in [-0.2, 0) is 4.79 Å². The summed E-state index contributed by atoms with van der Waals surface area (Å²) in [5.41, 5.74) is 3.30. The lowest BCUT2D eigenvalue weighted by Gasteiger charge is -2.11. The Morgan fingerprint density at radius 1 is 1.00 bits per heavy atom. The molecule has 32 heavy (non-hydrogen) atoms. The van der Waals surface area contributed by atoms with Crippen molar-refractivity contribution < 1.29 is 14.3 Å². The average molecular weight is 444 g/mol. The first-order valence-electron chi connectivity index (χ1n) is 10.0. The molecule has 0 atom stereocenters. The molecule has 0 aliphatic rings. The van der Waals surface area contributed by atoms with Crippen LogP contribution < -0.4 is 10.1 Å². The molecule has 1 N–H and O–H groups in total. The molecule has 0 fully saturated rings. The van der Waals surface area contributed by atoms with Gasteiger partial charge in [0, 0.05) is 5.56 Å². The quantitative estimate of drug-likeness (QED) is 0.387. The van der Waals surface area contributed by atoms with Crippen molar-refractivity contribution in [3.8, 4) is 27.6 Å². The second kappa shape index (κ2) is 9.53. The highest BCUT2D eigenvalue weighted by Gasteiger charge is 2.17. The maximum Gasteiger partial charge on any atom is 0.263 e. The van der Waals surface area contributed by atoms with Gasteiger partial charge in [-0.25, -0.2) is 4.98 Å². The van der Waals surface area contributed by atoms with Crippen LogP contribution >= 0.6 is 11.3 Å². The molecule has 0 saturated heterocycles. The molecule has 4 rings (SSSR count). The smallest absolute Gasteiger partial charge is 0.263 e.